The first-order chi connectivity index (χ1) is 6.54. The molecule has 0 saturated carbocycles. The van der Waals surface area contributed by atoms with E-state index in [0.717, 1.165) is 0 Å². The van der Waals surface area contributed by atoms with Gasteiger partial charge in [0.15, 0.2) is 0 Å². The van der Waals surface area contributed by atoms with Crippen LogP contribution in [0.5, 0.6) is 5.88 Å². The van der Waals surface area contributed by atoms with E-state index in [2.05, 4.69) is 12.6 Å². The van der Waals surface area contributed by atoms with E-state index in [4.69, 9.17) is 0 Å². The summed E-state index contributed by atoms with van der Waals surface area (Å²) in [5.74, 6) is 0.410. The summed E-state index contributed by atoms with van der Waals surface area (Å²) in [6, 6.07) is 0.0448. The molecule has 5 heteroatoms. The minimum atomic E-state index is -0.163. The fraction of sp³-hybridized carbons (Fsp3) is 0.667. The fourth-order valence-corrected chi connectivity index (χ4v) is 1.86. The molecule has 0 radical (unpaired) electrons. The number of aromatic hydroxyl groups is 1. The van der Waals surface area contributed by atoms with Crippen molar-refractivity contribution in [3.8, 4) is 5.88 Å². The van der Waals surface area contributed by atoms with Crippen LogP contribution in [0.2, 0.25) is 0 Å². The Balaban J connectivity index is 3.48. The zero-order chi connectivity index (χ0) is 10.9. The van der Waals surface area contributed by atoms with E-state index in [9.17, 15) is 9.90 Å². The van der Waals surface area contributed by atoms with Gasteiger partial charge in [0.1, 0.15) is 0 Å². The molecule has 4 nitrogen and oxygen atoms in total. The lowest BCUT2D eigenvalue weighted by Gasteiger charge is -2.08. The Morgan fingerprint density at radius 2 is 2.07 bits per heavy atom. The SMILES string of the molecule is CCn1c(O)c(CS)n(C(C)C)c1=O. The van der Waals surface area contributed by atoms with Crippen LogP contribution in [0.4, 0.5) is 0 Å². The van der Waals surface area contributed by atoms with E-state index < -0.39 is 0 Å². The molecule has 14 heavy (non-hydrogen) atoms. The Labute approximate surface area is 88.6 Å². The lowest BCUT2D eigenvalue weighted by atomic mass is 10.3. The minimum Gasteiger partial charge on any atom is -0.493 e. The van der Waals surface area contributed by atoms with E-state index in [1.54, 1.807) is 4.57 Å². The molecule has 1 heterocycles. The number of hydrogen-bond acceptors (Lipinski definition) is 3. The number of nitrogens with zero attached hydrogens (tertiary/aromatic N) is 2. The molecule has 1 aromatic heterocycles. The fourth-order valence-electron chi connectivity index (χ4n) is 1.56. The van der Waals surface area contributed by atoms with Crippen LogP contribution in [0.25, 0.3) is 0 Å². The largest absolute Gasteiger partial charge is 0.493 e. The van der Waals surface area contributed by atoms with Gasteiger partial charge in [-0.15, -0.1) is 0 Å². The Morgan fingerprint density at radius 1 is 1.50 bits per heavy atom. The molecule has 0 unspecified atom stereocenters. The first-order valence-electron chi connectivity index (χ1n) is 4.68. The molecule has 0 aliphatic rings. The van der Waals surface area contributed by atoms with Crippen molar-refractivity contribution in [1.29, 1.82) is 0 Å². The van der Waals surface area contributed by atoms with Crippen molar-refractivity contribution in [3.05, 3.63) is 16.2 Å². The number of rotatable bonds is 3. The van der Waals surface area contributed by atoms with Crippen LogP contribution in [0, 0.1) is 0 Å². The highest BCUT2D eigenvalue weighted by Crippen LogP contribution is 2.20. The first kappa shape index (κ1) is 11.2. The van der Waals surface area contributed by atoms with Gasteiger partial charge in [0.2, 0.25) is 5.88 Å². The minimum absolute atomic E-state index is 0.0428. The Kier molecular flexibility index (Phi) is 3.31. The summed E-state index contributed by atoms with van der Waals surface area (Å²) in [5.41, 5.74) is 0.430. The van der Waals surface area contributed by atoms with E-state index in [1.807, 2.05) is 20.8 Å². The first-order valence-corrected chi connectivity index (χ1v) is 5.31. The van der Waals surface area contributed by atoms with Crippen LogP contribution in [-0.2, 0) is 12.3 Å². The molecule has 80 valence electrons. The van der Waals surface area contributed by atoms with Gasteiger partial charge in [0, 0.05) is 18.3 Å². The van der Waals surface area contributed by atoms with E-state index in [-0.39, 0.29) is 17.6 Å². The van der Waals surface area contributed by atoms with Crippen LogP contribution in [0.15, 0.2) is 4.79 Å². The molecule has 0 saturated heterocycles. The summed E-state index contributed by atoms with van der Waals surface area (Å²) >= 11 is 4.11. The van der Waals surface area contributed by atoms with E-state index >= 15 is 0 Å². The highest BCUT2D eigenvalue weighted by molar-refractivity contribution is 7.79. The molecular weight excluding hydrogens is 200 g/mol. The third kappa shape index (κ3) is 1.56. The van der Waals surface area contributed by atoms with Crippen LogP contribution in [-0.4, -0.2) is 14.2 Å². The smallest absolute Gasteiger partial charge is 0.331 e. The van der Waals surface area contributed by atoms with Gasteiger partial charge in [0.05, 0.1) is 5.69 Å². The van der Waals surface area contributed by atoms with Crippen molar-refractivity contribution in [1.82, 2.24) is 9.13 Å². The highest BCUT2D eigenvalue weighted by atomic mass is 32.1. The molecule has 1 aromatic rings. The molecular formula is C9H16N2O2S. The summed E-state index contributed by atoms with van der Waals surface area (Å²) in [6.07, 6.45) is 0. The van der Waals surface area contributed by atoms with Crippen molar-refractivity contribution in [2.75, 3.05) is 0 Å². The summed E-state index contributed by atoms with van der Waals surface area (Å²) in [4.78, 5) is 11.8. The van der Waals surface area contributed by atoms with Crippen molar-refractivity contribution in [2.24, 2.45) is 0 Å². The maximum absolute atomic E-state index is 11.8. The number of hydrogen-bond donors (Lipinski definition) is 2. The second-order valence-corrected chi connectivity index (χ2v) is 3.74. The molecule has 1 rings (SSSR count). The number of imidazole rings is 1. The monoisotopic (exact) mass is 216 g/mol. The van der Waals surface area contributed by atoms with Crippen LogP contribution in [0.1, 0.15) is 32.5 Å². The van der Waals surface area contributed by atoms with E-state index in [0.29, 0.717) is 18.0 Å². The average molecular weight is 216 g/mol. The predicted octanol–water partition coefficient (Wildman–Crippen LogP) is 1.39. The van der Waals surface area contributed by atoms with Crippen molar-refractivity contribution >= 4 is 12.6 Å². The lowest BCUT2D eigenvalue weighted by molar-refractivity contribution is 0.414. The summed E-state index contributed by atoms with van der Waals surface area (Å²) in [6.45, 7) is 6.13. The number of aromatic nitrogens is 2. The van der Waals surface area contributed by atoms with Gasteiger partial charge >= 0.3 is 5.69 Å². The average Bonchev–Trinajstić information content (AvgIpc) is 2.37. The molecule has 0 aliphatic carbocycles. The second-order valence-electron chi connectivity index (χ2n) is 3.42. The van der Waals surface area contributed by atoms with E-state index in [1.165, 1.54) is 4.57 Å². The van der Waals surface area contributed by atoms with Gasteiger partial charge in [-0.05, 0) is 20.8 Å². The third-order valence-electron chi connectivity index (χ3n) is 2.22. The van der Waals surface area contributed by atoms with Gasteiger partial charge < -0.3 is 5.11 Å². The molecule has 0 atom stereocenters. The van der Waals surface area contributed by atoms with Crippen molar-refractivity contribution < 1.29 is 5.11 Å². The molecule has 1 N–H and O–H groups in total. The molecule has 0 aliphatic heterocycles. The van der Waals surface area contributed by atoms with Gasteiger partial charge in [0.25, 0.3) is 0 Å². The standard InChI is InChI=1S/C9H16N2O2S/c1-4-10-8(12)7(5-14)11(6(2)3)9(10)13/h6,12,14H,4-5H2,1-3H3. The molecule has 0 spiro atoms. The maximum atomic E-state index is 11.8. The van der Waals surface area contributed by atoms with Gasteiger partial charge in [-0.2, -0.15) is 12.6 Å². The zero-order valence-corrected chi connectivity index (χ0v) is 9.58. The predicted molar refractivity (Wildman–Crippen MR) is 59.1 cm³/mol. The third-order valence-corrected chi connectivity index (χ3v) is 2.52. The quantitative estimate of drug-likeness (QED) is 0.750. The molecule has 0 bridgehead atoms. The zero-order valence-electron chi connectivity index (χ0n) is 8.69. The normalized spacial score (nSPS) is 11.2. The molecule has 0 aromatic carbocycles. The van der Waals surface area contributed by atoms with Crippen molar-refractivity contribution in [2.45, 2.75) is 39.1 Å². The topological polar surface area (TPSA) is 47.2 Å². The Hall–Kier alpha value is -0.840. The Morgan fingerprint density at radius 3 is 2.36 bits per heavy atom. The highest BCUT2D eigenvalue weighted by Gasteiger charge is 2.18. The van der Waals surface area contributed by atoms with Crippen LogP contribution < -0.4 is 5.69 Å². The summed E-state index contributed by atoms with van der Waals surface area (Å²) in [7, 11) is 0. The van der Waals surface area contributed by atoms with Gasteiger partial charge in [-0.1, -0.05) is 0 Å². The van der Waals surface area contributed by atoms with Gasteiger partial charge in [-0.3, -0.25) is 9.13 Å². The maximum Gasteiger partial charge on any atom is 0.331 e. The summed E-state index contributed by atoms with van der Waals surface area (Å²) in [5, 5.41) is 9.73. The second kappa shape index (κ2) is 4.13. The lowest BCUT2D eigenvalue weighted by Crippen LogP contribution is -2.25. The van der Waals surface area contributed by atoms with Gasteiger partial charge in [-0.25, -0.2) is 4.79 Å². The molecule has 0 fully saturated rings. The van der Waals surface area contributed by atoms with Crippen LogP contribution in [0.3, 0.4) is 0 Å². The number of thiol groups is 1. The van der Waals surface area contributed by atoms with Crippen molar-refractivity contribution in [3.63, 3.8) is 0 Å². The van der Waals surface area contributed by atoms with Crippen LogP contribution >= 0.6 is 12.6 Å². The molecule has 0 amide bonds. The Bertz CT molecular complexity index is 379. The summed E-state index contributed by atoms with van der Waals surface area (Å²) < 4.78 is 2.93.